The normalized spacial score (nSPS) is 22.4. The van der Waals surface area contributed by atoms with Crippen LogP contribution in [-0.2, 0) is 10.3 Å². The van der Waals surface area contributed by atoms with Gasteiger partial charge in [-0.3, -0.25) is 9.47 Å². The molecule has 1 aliphatic carbocycles. The van der Waals surface area contributed by atoms with Crippen molar-refractivity contribution in [2.75, 3.05) is 56.2 Å². The van der Waals surface area contributed by atoms with Gasteiger partial charge < -0.3 is 15.0 Å². The number of fused-ring (bicyclic) bond motifs is 4. The third-order valence-corrected chi connectivity index (χ3v) is 8.55. The number of morpholine rings is 1. The number of imidazole rings is 1. The zero-order chi connectivity index (χ0) is 24.7. The van der Waals surface area contributed by atoms with Gasteiger partial charge in [0, 0.05) is 32.2 Å². The first-order valence-electron chi connectivity index (χ1n) is 13.7. The first-order valence-corrected chi connectivity index (χ1v) is 13.7. The molecule has 7 rings (SSSR count). The van der Waals surface area contributed by atoms with Gasteiger partial charge in [-0.2, -0.15) is 10.1 Å². The highest BCUT2D eigenvalue weighted by Gasteiger charge is 2.40. The Kier molecular flexibility index (Phi) is 5.96. The van der Waals surface area contributed by atoms with Crippen molar-refractivity contribution in [3.8, 4) is 0 Å². The molecule has 11 heteroatoms. The van der Waals surface area contributed by atoms with E-state index in [1.54, 1.807) is 6.20 Å². The first kappa shape index (κ1) is 23.0. The molecule has 1 saturated carbocycles. The van der Waals surface area contributed by atoms with Crippen LogP contribution in [0.1, 0.15) is 44.9 Å². The van der Waals surface area contributed by atoms with Crippen molar-refractivity contribution in [1.82, 2.24) is 29.4 Å². The number of hydrogen-bond donors (Lipinski definition) is 1. The van der Waals surface area contributed by atoms with Crippen molar-refractivity contribution in [3.05, 3.63) is 24.5 Å². The Balaban J connectivity index is 1.05. The third-order valence-electron chi connectivity index (χ3n) is 8.55. The quantitative estimate of drug-likeness (QED) is 0.570. The number of ether oxygens (including phenoxy) is 1. The number of nitrogens with one attached hydrogen (secondary N) is 1. The van der Waals surface area contributed by atoms with Gasteiger partial charge in [0.2, 0.25) is 5.95 Å². The Hall–Kier alpha value is -3.18. The standard InChI is InChI=1S/C26H34N10O/c1-2-8-26(9-3-1)18-29-33-25-30-21-17-28-24(32-23(21)36(25)26)31-22-5-4-20(16-27-22)34-10-6-19(7-11-34)35-12-14-37-15-13-35/h4-5,16-17,19H,1-3,6-15,18H2,(H,27,28,31,32). The van der Waals surface area contributed by atoms with Crippen molar-refractivity contribution in [2.24, 2.45) is 10.2 Å². The fraction of sp³-hybridized carbons (Fsp3) is 0.615. The minimum atomic E-state index is -0.0647. The van der Waals surface area contributed by atoms with E-state index >= 15 is 0 Å². The maximum Gasteiger partial charge on any atom is 0.251 e. The molecule has 3 aromatic heterocycles. The second kappa shape index (κ2) is 9.60. The third kappa shape index (κ3) is 4.33. The van der Waals surface area contributed by atoms with Gasteiger partial charge in [-0.15, -0.1) is 5.11 Å². The van der Waals surface area contributed by atoms with Gasteiger partial charge >= 0.3 is 0 Å². The van der Waals surface area contributed by atoms with E-state index in [2.05, 4.69) is 50.9 Å². The summed E-state index contributed by atoms with van der Waals surface area (Å²) in [5.41, 5.74) is 2.69. The van der Waals surface area contributed by atoms with E-state index in [9.17, 15) is 0 Å². The molecule has 6 heterocycles. The van der Waals surface area contributed by atoms with Crippen LogP contribution in [0.25, 0.3) is 11.2 Å². The molecule has 37 heavy (non-hydrogen) atoms. The van der Waals surface area contributed by atoms with Crippen LogP contribution in [0.15, 0.2) is 34.8 Å². The van der Waals surface area contributed by atoms with E-state index in [0.717, 1.165) is 74.9 Å². The highest BCUT2D eigenvalue weighted by Crippen LogP contribution is 2.42. The van der Waals surface area contributed by atoms with E-state index in [1.807, 2.05) is 12.3 Å². The molecule has 0 radical (unpaired) electrons. The Morgan fingerprint density at radius 2 is 1.76 bits per heavy atom. The lowest BCUT2D eigenvalue weighted by Crippen LogP contribution is -2.49. The predicted octanol–water partition coefficient (Wildman–Crippen LogP) is 4.02. The number of aromatic nitrogens is 5. The molecule has 3 aromatic rings. The molecule has 2 saturated heterocycles. The summed E-state index contributed by atoms with van der Waals surface area (Å²) in [7, 11) is 0. The van der Waals surface area contributed by atoms with Crippen LogP contribution in [0.5, 0.6) is 0 Å². The van der Waals surface area contributed by atoms with Gasteiger partial charge in [0.1, 0.15) is 11.3 Å². The summed E-state index contributed by atoms with van der Waals surface area (Å²) in [5, 5.41) is 12.1. The van der Waals surface area contributed by atoms with Crippen molar-refractivity contribution >= 4 is 34.6 Å². The van der Waals surface area contributed by atoms with Crippen LogP contribution in [0, 0.1) is 0 Å². The maximum atomic E-state index is 5.52. The monoisotopic (exact) mass is 502 g/mol. The molecule has 1 N–H and O–H groups in total. The lowest BCUT2D eigenvalue weighted by atomic mass is 9.81. The lowest BCUT2D eigenvalue weighted by molar-refractivity contribution is 0.0115. The molecule has 0 unspecified atom stereocenters. The van der Waals surface area contributed by atoms with Gasteiger partial charge in [-0.1, -0.05) is 19.3 Å². The van der Waals surface area contributed by atoms with Crippen LogP contribution >= 0.6 is 0 Å². The van der Waals surface area contributed by atoms with Gasteiger partial charge in [-0.25, -0.2) is 15.0 Å². The largest absolute Gasteiger partial charge is 0.379 e. The highest BCUT2D eigenvalue weighted by molar-refractivity contribution is 5.75. The molecule has 11 nitrogen and oxygen atoms in total. The van der Waals surface area contributed by atoms with E-state index in [-0.39, 0.29) is 5.54 Å². The summed E-state index contributed by atoms with van der Waals surface area (Å²) in [6.45, 7) is 6.67. The van der Waals surface area contributed by atoms with Crippen LogP contribution in [0.3, 0.4) is 0 Å². The molecular weight excluding hydrogens is 468 g/mol. The second-order valence-electron chi connectivity index (χ2n) is 10.7. The smallest absolute Gasteiger partial charge is 0.251 e. The number of pyridine rings is 1. The van der Waals surface area contributed by atoms with Crippen LogP contribution in [0.4, 0.5) is 23.4 Å². The zero-order valence-electron chi connectivity index (χ0n) is 21.2. The summed E-state index contributed by atoms with van der Waals surface area (Å²) in [6.07, 6.45) is 11.9. The average Bonchev–Trinajstić information content (AvgIpc) is 3.34. The summed E-state index contributed by atoms with van der Waals surface area (Å²) >= 11 is 0. The number of anilines is 3. The summed E-state index contributed by atoms with van der Waals surface area (Å²) in [6, 6.07) is 4.82. The Morgan fingerprint density at radius 3 is 2.54 bits per heavy atom. The van der Waals surface area contributed by atoms with E-state index in [0.29, 0.717) is 24.5 Å². The molecule has 3 aliphatic heterocycles. The number of rotatable bonds is 4. The molecule has 0 bridgehead atoms. The molecule has 1 spiro atoms. The number of nitrogens with zero attached hydrogens (tertiary/aromatic N) is 9. The summed E-state index contributed by atoms with van der Waals surface area (Å²) in [4.78, 5) is 23.8. The molecule has 0 atom stereocenters. The van der Waals surface area contributed by atoms with Crippen LogP contribution in [0.2, 0.25) is 0 Å². The van der Waals surface area contributed by atoms with E-state index < -0.39 is 0 Å². The van der Waals surface area contributed by atoms with E-state index in [4.69, 9.17) is 9.72 Å². The van der Waals surface area contributed by atoms with Gasteiger partial charge in [-0.05, 0) is 37.8 Å². The Bertz CT molecular complexity index is 1270. The fourth-order valence-electron chi connectivity index (χ4n) is 6.51. The minimum Gasteiger partial charge on any atom is -0.379 e. The molecule has 194 valence electrons. The predicted molar refractivity (Wildman–Crippen MR) is 141 cm³/mol. The second-order valence-corrected chi connectivity index (χ2v) is 10.7. The Morgan fingerprint density at radius 1 is 0.919 bits per heavy atom. The maximum absolute atomic E-state index is 5.52. The topological polar surface area (TPSA) is 109 Å². The highest BCUT2D eigenvalue weighted by atomic mass is 16.5. The summed E-state index contributed by atoms with van der Waals surface area (Å²) in [5.74, 6) is 1.90. The number of hydrogen-bond acceptors (Lipinski definition) is 10. The SMILES string of the molecule is c1cc(Nc2ncc3nc4n(c3n2)C2(CCCCC2)CN=N4)ncc1N1CCC(N2CCOCC2)CC1. The van der Waals surface area contributed by atoms with Crippen LogP contribution in [-0.4, -0.2) is 81.4 Å². The summed E-state index contributed by atoms with van der Waals surface area (Å²) < 4.78 is 7.74. The van der Waals surface area contributed by atoms with Gasteiger partial charge in [0.05, 0.1) is 43.4 Å². The lowest BCUT2D eigenvalue weighted by Gasteiger charge is -2.40. The fourth-order valence-corrected chi connectivity index (χ4v) is 6.51. The number of azo groups is 1. The first-order chi connectivity index (χ1) is 18.3. The van der Waals surface area contributed by atoms with Crippen molar-refractivity contribution in [1.29, 1.82) is 0 Å². The van der Waals surface area contributed by atoms with Crippen molar-refractivity contribution in [2.45, 2.75) is 56.5 Å². The van der Waals surface area contributed by atoms with Gasteiger partial charge in [0.15, 0.2) is 5.65 Å². The molecule has 0 amide bonds. The van der Waals surface area contributed by atoms with Crippen molar-refractivity contribution in [3.63, 3.8) is 0 Å². The minimum absolute atomic E-state index is 0.0647. The molecule has 0 aromatic carbocycles. The van der Waals surface area contributed by atoms with Gasteiger partial charge in [0.25, 0.3) is 5.95 Å². The number of piperidine rings is 1. The molecule has 3 fully saturated rings. The molecular formula is C26H34N10O. The zero-order valence-corrected chi connectivity index (χ0v) is 21.2. The average molecular weight is 503 g/mol. The molecule has 4 aliphatic rings. The van der Waals surface area contributed by atoms with Crippen molar-refractivity contribution < 1.29 is 4.74 Å². The Labute approximate surface area is 216 Å². The van der Waals surface area contributed by atoms with Crippen LogP contribution < -0.4 is 10.2 Å². The van der Waals surface area contributed by atoms with E-state index in [1.165, 1.54) is 32.1 Å².